The van der Waals surface area contributed by atoms with E-state index >= 15 is 0 Å². The molecular formula is C23H28N2O3. The Kier molecular flexibility index (Phi) is 7.62. The Morgan fingerprint density at radius 1 is 0.929 bits per heavy atom. The molecule has 2 aromatic rings. The third kappa shape index (κ3) is 6.50. The van der Waals surface area contributed by atoms with E-state index in [4.69, 9.17) is 4.84 Å². The maximum atomic E-state index is 12.0. The van der Waals surface area contributed by atoms with Gasteiger partial charge in [0.05, 0.1) is 6.42 Å². The zero-order valence-electron chi connectivity index (χ0n) is 16.2. The maximum absolute atomic E-state index is 12.0. The summed E-state index contributed by atoms with van der Waals surface area (Å²) in [6, 6.07) is 18.3. The molecular weight excluding hydrogens is 352 g/mol. The van der Waals surface area contributed by atoms with Gasteiger partial charge in [-0.1, -0.05) is 54.6 Å². The van der Waals surface area contributed by atoms with Gasteiger partial charge in [0.15, 0.2) is 0 Å². The molecule has 0 aromatic heterocycles. The van der Waals surface area contributed by atoms with Crippen LogP contribution >= 0.6 is 0 Å². The van der Waals surface area contributed by atoms with E-state index < -0.39 is 5.97 Å². The van der Waals surface area contributed by atoms with Crippen molar-refractivity contribution in [2.24, 2.45) is 0 Å². The van der Waals surface area contributed by atoms with Crippen molar-refractivity contribution in [1.29, 1.82) is 0 Å². The number of carbonyl (C=O) groups is 2. The van der Waals surface area contributed by atoms with Crippen molar-refractivity contribution in [1.82, 2.24) is 10.8 Å². The fraction of sp³-hybridized carbons (Fsp3) is 0.391. The molecule has 28 heavy (non-hydrogen) atoms. The molecule has 0 aliphatic carbocycles. The molecule has 2 N–H and O–H groups in total. The first-order chi connectivity index (χ1) is 13.7. The summed E-state index contributed by atoms with van der Waals surface area (Å²) in [5.74, 6) is -0.737. The minimum atomic E-state index is -0.420. The lowest BCUT2D eigenvalue weighted by Crippen LogP contribution is -2.38. The molecule has 1 unspecified atom stereocenters. The Morgan fingerprint density at radius 3 is 2.21 bits per heavy atom. The zero-order valence-corrected chi connectivity index (χ0v) is 16.2. The SMILES string of the molecule is O=C(Cc1ccc(CCCCc2ccccc2)cc1)NOC(=O)C1CCCN1. The fourth-order valence-corrected chi connectivity index (χ4v) is 3.41. The van der Waals surface area contributed by atoms with E-state index in [2.05, 4.69) is 47.2 Å². The molecule has 5 heteroatoms. The molecule has 1 aliphatic rings. The molecule has 2 aromatic carbocycles. The van der Waals surface area contributed by atoms with Crippen LogP contribution in [0.2, 0.25) is 0 Å². The van der Waals surface area contributed by atoms with Crippen LogP contribution in [0.1, 0.15) is 42.4 Å². The van der Waals surface area contributed by atoms with Gasteiger partial charge >= 0.3 is 5.97 Å². The number of hydrogen-bond donors (Lipinski definition) is 2. The third-order valence-corrected chi connectivity index (χ3v) is 5.02. The molecule has 0 spiro atoms. The highest BCUT2D eigenvalue weighted by molar-refractivity contribution is 5.81. The molecule has 0 saturated carbocycles. The van der Waals surface area contributed by atoms with Gasteiger partial charge in [-0.15, -0.1) is 0 Å². The molecule has 148 valence electrons. The predicted molar refractivity (Wildman–Crippen MR) is 108 cm³/mol. The van der Waals surface area contributed by atoms with Gasteiger partial charge in [-0.25, -0.2) is 4.79 Å². The van der Waals surface area contributed by atoms with Crippen LogP contribution in [0.5, 0.6) is 0 Å². The number of nitrogens with one attached hydrogen (secondary N) is 2. The first kappa shape index (κ1) is 20.1. The van der Waals surface area contributed by atoms with Crippen LogP contribution in [-0.2, 0) is 33.7 Å². The topological polar surface area (TPSA) is 67.4 Å². The quantitative estimate of drug-likeness (QED) is 0.545. The largest absolute Gasteiger partial charge is 0.348 e. The Hall–Kier alpha value is -2.66. The second-order valence-corrected chi connectivity index (χ2v) is 7.28. The molecule has 1 fully saturated rings. The fourth-order valence-electron chi connectivity index (χ4n) is 3.41. The highest BCUT2D eigenvalue weighted by Gasteiger charge is 2.24. The molecule has 1 saturated heterocycles. The number of hydroxylamine groups is 1. The monoisotopic (exact) mass is 380 g/mol. The average Bonchev–Trinajstić information content (AvgIpc) is 3.26. The van der Waals surface area contributed by atoms with Gasteiger partial charge in [0, 0.05) is 0 Å². The molecule has 1 amide bonds. The Labute approximate surface area is 166 Å². The van der Waals surface area contributed by atoms with Crippen molar-refractivity contribution in [2.75, 3.05) is 6.54 Å². The van der Waals surface area contributed by atoms with E-state index in [-0.39, 0.29) is 18.4 Å². The van der Waals surface area contributed by atoms with Gasteiger partial charge in [0.2, 0.25) is 0 Å². The predicted octanol–water partition coefficient (Wildman–Crippen LogP) is 3.12. The maximum Gasteiger partial charge on any atom is 0.348 e. The standard InChI is InChI=1S/C23H28N2O3/c26-22(25-28-23(27)21-11-6-16-24-21)17-20-14-12-19(13-15-20)10-5-4-9-18-7-2-1-3-8-18/h1-3,7-8,12-15,21,24H,4-6,9-11,16-17H2,(H,25,26). The molecule has 1 heterocycles. The molecule has 3 rings (SSSR count). The lowest BCUT2D eigenvalue weighted by molar-refractivity contribution is -0.159. The van der Waals surface area contributed by atoms with E-state index in [1.165, 1.54) is 11.1 Å². The van der Waals surface area contributed by atoms with E-state index in [0.29, 0.717) is 0 Å². The summed E-state index contributed by atoms with van der Waals surface area (Å²) in [4.78, 5) is 28.6. The first-order valence-electron chi connectivity index (χ1n) is 10.1. The van der Waals surface area contributed by atoms with Crippen LogP contribution in [0.3, 0.4) is 0 Å². The van der Waals surface area contributed by atoms with Gasteiger partial charge in [-0.05, 0) is 61.8 Å². The Bertz CT molecular complexity index is 753. The van der Waals surface area contributed by atoms with Gasteiger partial charge < -0.3 is 10.2 Å². The van der Waals surface area contributed by atoms with Crippen molar-refractivity contribution in [3.05, 3.63) is 71.3 Å². The lowest BCUT2D eigenvalue weighted by Gasteiger charge is -2.10. The highest BCUT2D eigenvalue weighted by atomic mass is 16.7. The van der Waals surface area contributed by atoms with Crippen LogP contribution < -0.4 is 10.8 Å². The van der Waals surface area contributed by atoms with E-state index in [0.717, 1.165) is 50.6 Å². The van der Waals surface area contributed by atoms with Crippen molar-refractivity contribution in [3.63, 3.8) is 0 Å². The van der Waals surface area contributed by atoms with E-state index in [1.807, 2.05) is 18.2 Å². The summed E-state index contributed by atoms with van der Waals surface area (Å²) in [6.45, 7) is 0.812. The minimum Gasteiger partial charge on any atom is -0.339 e. The molecule has 0 bridgehead atoms. The van der Waals surface area contributed by atoms with Gasteiger partial charge in [0.25, 0.3) is 5.91 Å². The second-order valence-electron chi connectivity index (χ2n) is 7.28. The molecule has 1 atom stereocenters. The average molecular weight is 380 g/mol. The van der Waals surface area contributed by atoms with Gasteiger partial charge in [0.1, 0.15) is 6.04 Å². The number of amides is 1. The highest BCUT2D eigenvalue weighted by Crippen LogP contribution is 2.11. The third-order valence-electron chi connectivity index (χ3n) is 5.02. The van der Waals surface area contributed by atoms with Crippen LogP contribution in [0.4, 0.5) is 0 Å². The minimum absolute atomic E-state index is 0.194. The van der Waals surface area contributed by atoms with Crippen LogP contribution in [-0.4, -0.2) is 24.5 Å². The summed E-state index contributed by atoms with van der Waals surface area (Å²) >= 11 is 0. The Morgan fingerprint density at radius 2 is 1.57 bits per heavy atom. The number of rotatable bonds is 8. The number of unbranched alkanes of at least 4 members (excludes halogenated alkanes) is 1. The summed E-state index contributed by atoms with van der Waals surface area (Å²) in [5.41, 5.74) is 5.81. The van der Waals surface area contributed by atoms with Crippen LogP contribution in [0.25, 0.3) is 0 Å². The van der Waals surface area contributed by atoms with Crippen molar-refractivity contribution < 1.29 is 14.4 Å². The Balaban J connectivity index is 1.34. The zero-order chi connectivity index (χ0) is 19.6. The number of aryl methyl sites for hydroxylation is 2. The number of hydrogen-bond acceptors (Lipinski definition) is 4. The summed E-state index contributed by atoms with van der Waals surface area (Å²) < 4.78 is 0. The normalized spacial score (nSPS) is 15.9. The molecule has 0 radical (unpaired) electrons. The van der Waals surface area contributed by atoms with Crippen molar-refractivity contribution in [2.45, 2.75) is 51.0 Å². The van der Waals surface area contributed by atoms with Gasteiger partial charge in [-0.2, -0.15) is 5.48 Å². The molecule has 5 nitrogen and oxygen atoms in total. The van der Waals surface area contributed by atoms with E-state index in [9.17, 15) is 9.59 Å². The lowest BCUT2D eigenvalue weighted by atomic mass is 10.0. The van der Waals surface area contributed by atoms with Crippen molar-refractivity contribution in [3.8, 4) is 0 Å². The summed E-state index contributed by atoms with van der Waals surface area (Å²) in [5, 5.41) is 3.04. The van der Waals surface area contributed by atoms with Crippen LogP contribution in [0, 0.1) is 0 Å². The summed E-state index contributed by atoms with van der Waals surface area (Å²) in [6.07, 6.45) is 6.34. The first-order valence-corrected chi connectivity index (χ1v) is 10.1. The molecule has 1 aliphatic heterocycles. The smallest absolute Gasteiger partial charge is 0.339 e. The number of benzene rings is 2. The second kappa shape index (κ2) is 10.6. The summed E-state index contributed by atoms with van der Waals surface area (Å²) in [7, 11) is 0. The van der Waals surface area contributed by atoms with Crippen LogP contribution in [0.15, 0.2) is 54.6 Å². The number of carbonyl (C=O) groups excluding carboxylic acids is 2. The van der Waals surface area contributed by atoms with Gasteiger partial charge in [-0.3, -0.25) is 4.79 Å². The van der Waals surface area contributed by atoms with Crippen molar-refractivity contribution >= 4 is 11.9 Å². The van der Waals surface area contributed by atoms with E-state index in [1.54, 1.807) is 0 Å².